The molecule has 26 heavy (non-hydrogen) atoms. The van der Waals surface area contributed by atoms with E-state index >= 15 is 0 Å². The second kappa shape index (κ2) is 8.92. The monoisotopic (exact) mass is 353 g/mol. The smallest absolute Gasteiger partial charge is 0.223 e. The van der Waals surface area contributed by atoms with Crippen molar-refractivity contribution < 1.29 is 9.90 Å². The number of amides is 1. The first-order valence-corrected chi connectivity index (χ1v) is 9.19. The molecular weight excluding hydrogens is 326 g/mol. The van der Waals surface area contributed by atoms with Gasteiger partial charge in [-0.2, -0.15) is 0 Å². The minimum atomic E-state index is -0.333. The second-order valence-electron chi connectivity index (χ2n) is 7.13. The molecule has 2 heterocycles. The van der Waals surface area contributed by atoms with E-state index in [4.69, 9.17) is 0 Å². The van der Waals surface area contributed by atoms with Crippen molar-refractivity contribution in [2.45, 2.75) is 25.5 Å². The van der Waals surface area contributed by atoms with Crippen LogP contribution < -0.4 is 0 Å². The molecule has 0 bridgehead atoms. The van der Waals surface area contributed by atoms with E-state index in [1.807, 2.05) is 49.5 Å². The lowest BCUT2D eigenvalue weighted by atomic mass is 9.97. The number of likely N-dealkylation sites (tertiary alicyclic amines) is 1. The summed E-state index contributed by atoms with van der Waals surface area (Å²) in [5.41, 5.74) is 2.34. The van der Waals surface area contributed by atoms with Gasteiger partial charge in [-0.15, -0.1) is 0 Å². The third kappa shape index (κ3) is 5.13. The Labute approximate surface area is 155 Å². The fourth-order valence-electron chi connectivity index (χ4n) is 3.54. The van der Waals surface area contributed by atoms with Crippen molar-refractivity contribution in [2.24, 2.45) is 5.92 Å². The van der Waals surface area contributed by atoms with Gasteiger partial charge in [-0.3, -0.25) is 14.7 Å². The van der Waals surface area contributed by atoms with Crippen LogP contribution in [0.25, 0.3) is 0 Å². The van der Waals surface area contributed by atoms with E-state index in [9.17, 15) is 9.90 Å². The topological polar surface area (TPSA) is 56.7 Å². The standard InChI is InChI=1S/C21H27N3O2/c1-23(14-18-5-3-2-4-6-18)21(26)9-12-24-15-19(20(25)16-24)13-17-7-10-22-11-8-17/h2-8,10-11,19-20,25H,9,12-16H2,1H3/t19-,20-/m1/s1. The van der Waals surface area contributed by atoms with Gasteiger partial charge >= 0.3 is 0 Å². The van der Waals surface area contributed by atoms with Gasteiger partial charge in [0.2, 0.25) is 5.91 Å². The summed E-state index contributed by atoms with van der Waals surface area (Å²) < 4.78 is 0. The Bertz CT molecular complexity index is 693. The molecule has 0 aliphatic carbocycles. The summed E-state index contributed by atoms with van der Waals surface area (Å²) in [6, 6.07) is 14.0. The van der Waals surface area contributed by atoms with E-state index in [1.54, 1.807) is 17.3 Å². The number of hydrogen-bond acceptors (Lipinski definition) is 4. The molecule has 0 unspecified atom stereocenters. The minimum Gasteiger partial charge on any atom is -0.391 e. The van der Waals surface area contributed by atoms with Crippen molar-refractivity contribution in [3.8, 4) is 0 Å². The van der Waals surface area contributed by atoms with Gasteiger partial charge < -0.3 is 10.0 Å². The molecular formula is C21H27N3O2. The Kier molecular flexibility index (Phi) is 6.36. The van der Waals surface area contributed by atoms with Gasteiger partial charge in [-0.05, 0) is 29.7 Å². The number of aliphatic hydroxyl groups is 1. The average molecular weight is 353 g/mol. The lowest BCUT2D eigenvalue weighted by Crippen LogP contribution is -2.31. The van der Waals surface area contributed by atoms with Crippen LogP contribution in [0.15, 0.2) is 54.9 Å². The van der Waals surface area contributed by atoms with Crippen LogP contribution in [0, 0.1) is 5.92 Å². The number of aliphatic hydroxyl groups excluding tert-OH is 1. The largest absolute Gasteiger partial charge is 0.391 e. The van der Waals surface area contributed by atoms with Gasteiger partial charge in [0.05, 0.1) is 6.10 Å². The van der Waals surface area contributed by atoms with Crippen LogP contribution in [0.5, 0.6) is 0 Å². The second-order valence-corrected chi connectivity index (χ2v) is 7.13. The van der Waals surface area contributed by atoms with Crippen LogP contribution in [0.4, 0.5) is 0 Å². The fraction of sp³-hybridized carbons (Fsp3) is 0.429. The zero-order chi connectivity index (χ0) is 18.4. The fourth-order valence-corrected chi connectivity index (χ4v) is 3.54. The summed E-state index contributed by atoms with van der Waals surface area (Å²) in [5.74, 6) is 0.357. The Morgan fingerprint density at radius 2 is 1.88 bits per heavy atom. The molecule has 1 fully saturated rings. The maximum atomic E-state index is 12.4. The summed E-state index contributed by atoms with van der Waals surface area (Å²) in [7, 11) is 1.85. The zero-order valence-electron chi connectivity index (χ0n) is 15.3. The van der Waals surface area contributed by atoms with E-state index in [2.05, 4.69) is 9.88 Å². The number of pyridine rings is 1. The SMILES string of the molecule is CN(Cc1ccccc1)C(=O)CCN1C[C@@H](Cc2ccncc2)[C@H](O)C1. The molecule has 1 aromatic carbocycles. The molecule has 2 atom stereocenters. The molecule has 1 aliphatic rings. The molecule has 1 aromatic heterocycles. The van der Waals surface area contributed by atoms with Crippen LogP contribution in [0.2, 0.25) is 0 Å². The highest BCUT2D eigenvalue weighted by molar-refractivity contribution is 5.76. The molecule has 5 nitrogen and oxygen atoms in total. The molecule has 0 radical (unpaired) electrons. The molecule has 1 aliphatic heterocycles. The first-order valence-electron chi connectivity index (χ1n) is 9.19. The van der Waals surface area contributed by atoms with Crippen LogP contribution in [0.3, 0.4) is 0 Å². The summed E-state index contributed by atoms with van der Waals surface area (Å²) >= 11 is 0. The summed E-state index contributed by atoms with van der Waals surface area (Å²) in [6.07, 6.45) is 4.58. The maximum Gasteiger partial charge on any atom is 0.223 e. The Balaban J connectivity index is 1.44. The molecule has 138 valence electrons. The van der Waals surface area contributed by atoms with Crippen molar-refractivity contribution in [1.29, 1.82) is 0 Å². The number of aromatic nitrogens is 1. The number of hydrogen-bond donors (Lipinski definition) is 1. The average Bonchev–Trinajstić information content (AvgIpc) is 3.01. The van der Waals surface area contributed by atoms with Gasteiger partial charge in [0, 0.05) is 58.0 Å². The highest BCUT2D eigenvalue weighted by atomic mass is 16.3. The van der Waals surface area contributed by atoms with Crippen LogP contribution in [0.1, 0.15) is 17.5 Å². The van der Waals surface area contributed by atoms with Crippen LogP contribution >= 0.6 is 0 Å². The molecule has 3 rings (SSSR count). The number of rotatable bonds is 7. The van der Waals surface area contributed by atoms with Crippen molar-refractivity contribution in [3.63, 3.8) is 0 Å². The molecule has 1 saturated heterocycles. The summed E-state index contributed by atoms with van der Waals surface area (Å²) in [4.78, 5) is 20.4. The van der Waals surface area contributed by atoms with E-state index in [0.29, 0.717) is 26.1 Å². The molecule has 0 spiro atoms. The van der Waals surface area contributed by atoms with Gasteiger partial charge in [0.1, 0.15) is 0 Å². The highest BCUT2D eigenvalue weighted by Crippen LogP contribution is 2.21. The number of carbonyl (C=O) groups excluding carboxylic acids is 1. The van der Waals surface area contributed by atoms with Crippen LogP contribution in [-0.4, -0.2) is 58.6 Å². The van der Waals surface area contributed by atoms with Crippen molar-refractivity contribution in [2.75, 3.05) is 26.7 Å². The molecule has 5 heteroatoms. The number of nitrogens with zero attached hydrogens (tertiary/aromatic N) is 3. The third-order valence-electron chi connectivity index (χ3n) is 5.06. The Hall–Kier alpha value is -2.24. The quantitative estimate of drug-likeness (QED) is 0.827. The van der Waals surface area contributed by atoms with Gasteiger partial charge in [-0.25, -0.2) is 0 Å². The predicted molar refractivity (Wildman–Crippen MR) is 101 cm³/mol. The van der Waals surface area contributed by atoms with Crippen molar-refractivity contribution in [1.82, 2.24) is 14.8 Å². The Morgan fingerprint density at radius 3 is 2.62 bits per heavy atom. The van der Waals surface area contributed by atoms with Gasteiger partial charge in [0.25, 0.3) is 0 Å². The normalized spacial score (nSPS) is 20.2. The first kappa shape index (κ1) is 18.5. The lowest BCUT2D eigenvalue weighted by Gasteiger charge is -2.20. The maximum absolute atomic E-state index is 12.4. The zero-order valence-corrected chi connectivity index (χ0v) is 15.3. The predicted octanol–water partition coefficient (Wildman–Crippen LogP) is 1.97. The molecule has 1 N–H and O–H groups in total. The van der Waals surface area contributed by atoms with E-state index < -0.39 is 0 Å². The van der Waals surface area contributed by atoms with E-state index in [-0.39, 0.29) is 17.9 Å². The minimum absolute atomic E-state index is 0.140. The van der Waals surface area contributed by atoms with Crippen molar-refractivity contribution >= 4 is 5.91 Å². The molecule has 1 amide bonds. The van der Waals surface area contributed by atoms with Gasteiger partial charge in [0.15, 0.2) is 0 Å². The summed E-state index contributed by atoms with van der Waals surface area (Å²) in [5, 5.41) is 10.3. The molecule has 0 saturated carbocycles. The van der Waals surface area contributed by atoms with Crippen molar-refractivity contribution in [3.05, 3.63) is 66.0 Å². The Morgan fingerprint density at radius 1 is 1.15 bits per heavy atom. The van der Waals surface area contributed by atoms with E-state index in [1.165, 1.54) is 5.56 Å². The van der Waals surface area contributed by atoms with E-state index in [0.717, 1.165) is 18.5 Å². The molecule has 2 aromatic rings. The van der Waals surface area contributed by atoms with Gasteiger partial charge in [-0.1, -0.05) is 30.3 Å². The highest BCUT2D eigenvalue weighted by Gasteiger charge is 2.31. The first-order chi connectivity index (χ1) is 12.6. The number of benzene rings is 1. The third-order valence-corrected chi connectivity index (χ3v) is 5.06. The number of β-amino-alcohol motifs (C(OH)–C–C–N with tert-alkyl or cyclic N) is 1. The lowest BCUT2D eigenvalue weighted by molar-refractivity contribution is -0.130. The summed E-state index contributed by atoms with van der Waals surface area (Å²) in [6.45, 7) is 2.80. The number of carbonyl (C=O) groups is 1. The van der Waals surface area contributed by atoms with Crippen LogP contribution in [-0.2, 0) is 17.8 Å².